The van der Waals surface area contributed by atoms with E-state index in [-0.39, 0.29) is 18.8 Å². The van der Waals surface area contributed by atoms with Crippen LogP contribution in [0.25, 0.3) is 0 Å². The average Bonchev–Trinajstić information content (AvgIpc) is 2.94. The van der Waals surface area contributed by atoms with Crippen molar-refractivity contribution in [2.24, 2.45) is 0 Å². The summed E-state index contributed by atoms with van der Waals surface area (Å²) in [6, 6.07) is 16.5. The van der Waals surface area contributed by atoms with Crippen LogP contribution in [0.5, 0.6) is 11.5 Å². The number of benzene rings is 2. The van der Waals surface area contributed by atoms with Crippen molar-refractivity contribution in [3.8, 4) is 11.5 Å². The Labute approximate surface area is 156 Å². The van der Waals surface area contributed by atoms with Crippen molar-refractivity contribution in [3.05, 3.63) is 66.4 Å². The first kappa shape index (κ1) is 18.5. The molecule has 0 saturated carbocycles. The Bertz CT molecular complexity index is 835. The van der Waals surface area contributed by atoms with Crippen LogP contribution in [-0.2, 0) is 9.59 Å². The molecular weight excluding hydrogens is 348 g/mol. The highest BCUT2D eigenvalue weighted by Gasteiger charge is 2.30. The smallest absolute Gasteiger partial charge is 0.277 e. The molecule has 2 N–H and O–H groups in total. The molecular formula is C20H20N2O5. The molecule has 2 aromatic rings. The summed E-state index contributed by atoms with van der Waals surface area (Å²) in [4.78, 5) is 24.9. The van der Waals surface area contributed by atoms with Gasteiger partial charge in [0.1, 0.15) is 30.4 Å². The first-order valence-corrected chi connectivity index (χ1v) is 8.53. The fraction of sp³-hybridized carbons (Fsp3) is 0.200. The maximum atomic E-state index is 12.2. The van der Waals surface area contributed by atoms with E-state index in [9.17, 15) is 9.59 Å². The number of rotatable bonds is 9. The summed E-state index contributed by atoms with van der Waals surface area (Å²) in [5.41, 5.74) is 0.785. The van der Waals surface area contributed by atoms with Crippen LogP contribution in [0, 0.1) is 0 Å². The largest absolute Gasteiger partial charge is 0.490 e. The second-order valence-corrected chi connectivity index (χ2v) is 5.74. The number of ether oxygens (including phenoxy) is 2. The molecule has 2 aromatic carbocycles. The van der Waals surface area contributed by atoms with Crippen LogP contribution in [0.1, 0.15) is 0 Å². The van der Waals surface area contributed by atoms with Gasteiger partial charge in [0.25, 0.3) is 11.8 Å². The summed E-state index contributed by atoms with van der Waals surface area (Å²) in [5, 5.41) is 11.9. The van der Waals surface area contributed by atoms with Crippen LogP contribution in [0.4, 0.5) is 5.69 Å². The molecule has 27 heavy (non-hydrogen) atoms. The fourth-order valence-corrected chi connectivity index (χ4v) is 2.56. The molecule has 3 rings (SSSR count). The average molecular weight is 368 g/mol. The van der Waals surface area contributed by atoms with Gasteiger partial charge in [0, 0.05) is 17.8 Å². The van der Waals surface area contributed by atoms with E-state index in [0.717, 1.165) is 10.6 Å². The lowest BCUT2D eigenvalue weighted by Gasteiger charge is -2.14. The molecule has 2 amide bonds. The molecule has 0 aliphatic carbocycles. The van der Waals surface area contributed by atoms with Crippen LogP contribution in [-0.4, -0.2) is 48.2 Å². The predicted octanol–water partition coefficient (Wildman–Crippen LogP) is 1.80. The molecule has 0 aromatic heterocycles. The van der Waals surface area contributed by atoms with Gasteiger partial charge in [-0.3, -0.25) is 14.5 Å². The second-order valence-electron chi connectivity index (χ2n) is 5.74. The van der Waals surface area contributed by atoms with E-state index in [1.54, 1.807) is 24.3 Å². The summed E-state index contributed by atoms with van der Waals surface area (Å²) >= 11 is 0. The number of carbonyl (C=O) groups excluding carboxylic acids is 2. The number of β-amino-alcohol motifs (C(OH)–C–C–N with tert-alkyl or cyclic N) is 1. The molecule has 1 heterocycles. The van der Waals surface area contributed by atoms with Gasteiger partial charge in [0.2, 0.25) is 0 Å². The van der Waals surface area contributed by atoms with Crippen LogP contribution < -0.4 is 14.8 Å². The normalized spacial score (nSPS) is 13.5. The van der Waals surface area contributed by atoms with Gasteiger partial charge < -0.3 is 19.9 Å². The van der Waals surface area contributed by atoms with Crippen molar-refractivity contribution in [2.75, 3.05) is 31.7 Å². The number of carbonyl (C=O) groups is 2. The molecule has 7 nitrogen and oxygen atoms in total. The standard InChI is InChI=1S/C20H20N2O5/c23-10-9-22-19(24)14-18(20(22)25)21-15-5-4-8-17(13-15)27-12-11-26-16-6-2-1-3-7-16/h1-8,13-14,21,23H,9-12H2. The van der Waals surface area contributed by atoms with Crippen molar-refractivity contribution in [3.63, 3.8) is 0 Å². The molecule has 1 aliphatic rings. The molecule has 0 atom stereocenters. The number of nitrogens with one attached hydrogen (secondary N) is 1. The topological polar surface area (TPSA) is 88.1 Å². The zero-order valence-electron chi connectivity index (χ0n) is 14.6. The van der Waals surface area contributed by atoms with Crippen molar-refractivity contribution in [1.82, 2.24) is 4.90 Å². The second kappa shape index (κ2) is 8.86. The zero-order valence-corrected chi connectivity index (χ0v) is 14.6. The van der Waals surface area contributed by atoms with Gasteiger partial charge in [0.15, 0.2) is 0 Å². The van der Waals surface area contributed by atoms with Gasteiger partial charge in [-0.25, -0.2) is 0 Å². The Morgan fingerprint density at radius 2 is 1.63 bits per heavy atom. The van der Waals surface area contributed by atoms with Gasteiger partial charge in [-0.15, -0.1) is 0 Å². The maximum Gasteiger partial charge on any atom is 0.277 e. The lowest BCUT2D eigenvalue weighted by Crippen LogP contribution is -2.34. The number of hydrogen-bond donors (Lipinski definition) is 2. The summed E-state index contributed by atoms with van der Waals surface area (Å²) < 4.78 is 11.2. The van der Waals surface area contributed by atoms with Crippen LogP contribution in [0.2, 0.25) is 0 Å². The van der Waals surface area contributed by atoms with Crippen LogP contribution in [0.15, 0.2) is 66.4 Å². The lowest BCUT2D eigenvalue weighted by atomic mass is 10.3. The van der Waals surface area contributed by atoms with E-state index >= 15 is 0 Å². The number of aliphatic hydroxyl groups excluding tert-OH is 1. The van der Waals surface area contributed by atoms with E-state index in [4.69, 9.17) is 14.6 Å². The van der Waals surface area contributed by atoms with Crippen molar-refractivity contribution in [2.45, 2.75) is 0 Å². The van der Waals surface area contributed by atoms with E-state index in [1.807, 2.05) is 30.3 Å². The van der Waals surface area contributed by atoms with E-state index in [0.29, 0.717) is 24.7 Å². The van der Waals surface area contributed by atoms with E-state index in [1.165, 1.54) is 6.08 Å². The number of para-hydroxylation sites is 1. The molecule has 140 valence electrons. The molecule has 0 unspecified atom stereocenters. The Balaban J connectivity index is 1.52. The number of anilines is 1. The fourth-order valence-electron chi connectivity index (χ4n) is 2.56. The maximum absolute atomic E-state index is 12.2. The number of amides is 2. The molecule has 0 saturated heterocycles. The zero-order chi connectivity index (χ0) is 19.1. The SMILES string of the molecule is O=C1C=C(Nc2cccc(OCCOc3ccccc3)c2)C(=O)N1CCO. The van der Waals surface area contributed by atoms with E-state index in [2.05, 4.69) is 5.32 Å². The third-order valence-electron chi connectivity index (χ3n) is 3.81. The third-order valence-corrected chi connectivity index (χ3v) is 3.81. The summed E-state index contributed by atoms with van der Waals surface area (Å²) in [6.45, 7) is 0.468. The van der Waals surface area contributed by atoms with Crippen molar-refractivity contribution < 1.29 is 24.2 Å². The van der Waals surface area contributed by atoms with Gasteiger partial charge in [-0.1, -0.05) is 24.3 Å². The monoisotopic (exact) mass is 368 g/mol. The molecule has 7 heteroatoms. The van der Waals surface area contributed by atoms with Crippen LogP contribution in [0.3, 0.4) is 0 Å². The predicted molar refractivity (Wildman–Crippen MR) is 99.4 cm³/mol. The number of hydrogen-bond acceptors (Lipinski definition) is 6. The quantitative estimate of drug-likeness (QED) is 0.518. The van der Waals surface area contributed by atoms with Crippen molar-refractivity contribution in [1.29, 1.82) is 0 Å². The Kier molecular flexibility index (Phi) is 6.06. The molecule has 1 aliphatic heterocycles. The number of nitrogens with zero attached hydrogens (tertiary/aromatic N) is 1. The summed E-state index contributed by atoms with van der Waals surface area (Å²) in [6.07, 6.45) is 1.22. The highest BCUT2D eigenvalue weighted by atomic mass is 16.5. The van der Waals surface area contributed by atoms with E-state index < -0.39 is 11.8 Å². The molecule has 0 radical (unpaired) electrons. The first-order valence-electron chi connectivity index (χ1n) is 8.53. The minimum absolute atomic E-state index is 0.0239. The minimum Gasteiger partial charge on any atom is -0.490 e. The highest BCUT2D eigenvalue weighted by Crippen LogP contribution is 2.21. The van der Waals surface area contributed by atoms with Gasteiger partial charge >= 0.3 is 0 Å². The molecule has 0 fully saturated rings. The minimum atomic E-state index is -0.461. The van der Waals surface area contributed by atoms with Gasteiger partial charge in [-0.05, 0) is 24.3 Å². The number of imide groups is 1. The lowest BCUT2D eigenvalue weighted by molar-refractivity contribution is -0.137. The summed E-state index contributed by atoms with van der Waals surface area (Å²) in [7, 11) is 0. The number of aliphatic hydroxyl groups is 1. The van der Waals surface area contributed by atoms with Gasteiger partial charge in [0.05, 0.1) is 13.2 Å². The Morgan fingerprint density at radius 1 is 0.926 bits per heavy atom. The molecule has 0 bridgehead atoms. The van der Waals surface area contributed by atoms with Gasteiger partial charge in [-0.2, -0.15) is 0 Å². The summed E-state index contributed by atoms with van der Waals surface area (Å²) in [5.74, 6) is 0.486. The molecule has 0 spiro atoms. The highest BCUT2D eigenvalue weighted by molar-refractivity contribution is 6.17. The van der Waals surface area contributed by atoms with Crippen LogP contribution >= 0.6 is 0 Å². The van der Waals surface area contributed by atoms with Crippen molar-refractivity contribution >= 4 is 17.5 Å². The Hall–Kier alpha value is -3.32. The third kappa shape index (κ3) is 4.86. The first-order chi connectivity index (χ1) is 13.2. The Morgan fingerprint density at radius 3 is 2.37 bits per heavy atom.